The summed E-state index contributed by atoms with van der Waals surface area (Å²) >= 11 is 3.37. The van der Waals surface area contributed by atoms with Gasteiger partial charge >= 0.3 is 0 Å². The monoisotopic (exact) mass is 366 g/mol. The number of hydrogen-bond donors (Lipinski definition) is 0. The zero-order valence-corrected chi connectivity index (χ0v) is 15.0. The lowest BCUT2D eigenvalue weighted by Crippen LogP contribution is -2.45. The largest absolute Gasteiger partial charge is 0.343 e. The van der Waals surface area contributed by atoms with Gasteiger partial charge in [-0.15, -0.1) is 0 Å². The highest BCUT2D eigenvalue weighted by atomic mass is 79.9. The summed E-state index contributed by atoms with van der Waals surface area (Å²) < 4.78 is 0.963. The van der Waals surface area contributed by atoms with Gasteiger partial charge in [-0.25, -0.2) is 0 Å². The molecule has 0 aromatic heterocycles. The van der Waals surface area contributed by atoms with Gasteiger partial charge in [-0.2, -0.15) is 0 Å². The Hall–Kier alpha value is -1.36. The highest BCUT2D eigenvalue weighted by Crippen LogP contribution is 2.22. The summed E-state index contributed by atoms with van der Waals surface area (Å²) in [5, 5.41) is 0. The highest BCUT2D eigenvalue weighted by Gasteiger charge is 2.30. The van der Waals surface area contributed by atoms with Crippen LogP contribution < -0.4 is 0 Å². The van der Waals surface area contributed by atoms with Crippen LogP contribution in [0.5, 0.6) is 0 Å². The van der Waals surface area contributed by atoms with E-state index in [0.717, 1.165) is 17.3 Å². The van der Waals surface area contributed by atoms with E-state index in [0.29, 0.717) is 18.7 Å². The third-order valence-corrected chi connectivity index (χ3v) is 4.87. The van der Waals surface area contributed by atoms with Crippen molar-refractivity contribution in [3.05, 3.63) is 34.3 Å². The Morgan fingerprint density at radius 2 is 1.73 bits per heavy atom. The van der Waals surface area contributed by atoms with Crippen LogP contribution in [0, 0.1) is 5.92 Å². The maximum atomic E-state index is 12.4. The van der Waals surface area contributed by atoms with Crippen LogP contribution in [-0.4, -0.2) is 47.8 Å². The van der Waals surface area contributed by atoms with Gasteiger partial charge in [-0.1, -0.05) is 15.9 Å². The van der Waals surface area contributed by atoms with E-state index in [1.54, 1.807) is 4.90 Å². The van der Waals surface area contributed by atoms with Crippen LogP contribution >= 0.6 is 15.9 Å². The summed E-state index contributed by atoms with van der Waals surface area (Å²) in [4.78, 5) is 28.4. The van der Waals surface area contributed by atoms with E-state index in [9.17, 15) is 9.59 Å². The predicted molar refractivity (Wildman–Crippen MR) is 90.7 cm³/mol. The molecule has 1 aliphatic heterocycles. The third kappa shape index (κ3) is 3.88. The molecule has 22 heavy (non-hydrogen) atoms. The predicted octanol–water partition coefficient (Wildman–Crippen LogP) is 3.17. The van der Waals surface area contributed by atoms with Gasteiger partial charge in [0.25, 0.3) is 5.91 Å². The van der Waals surface area contributed by atoms with E-state index < -0.39 is 0 Å². The molecule has 1 aliphatic rings. The second-order valence-electron chi connectivity index (χ2n) is 6.12. The highest BCUT2D eigenvalue weighted by molar-refractivity contribution is 9.10. The van der Waals surface area contributed by atoms with E-state index in [-0.39, 0.29) is 23.8 Å². The maximum absolute atomic E-state index is 12.4. The summed E-state index contributed by atoms with van der Waals surface area (Å²) in [6.07, 6.45) is 1.50. The topological polar surface area (TPSA) is 40.6 Å². The van der Waals surface area contributed by atoms with Crippen molar-refractivity contribution in [2.75, 3.05) is 20.1 Å². The molecule has 0 saturated carbocycles. The van der Waals surface area contributed by atoms with Crippen molar-refractivity contribution in [2.45, 2.75) is 32.7 Å². The minimum Gasteiger partial charge on any atom is -0.343 e. The molecule has 0 atom stereocenters. The van der Waals surface area contributed by atoms with Crippen molar-refractivity contribution in [1.29, 1.82) is 0 Å². The molecule has 0 radical (unpaired) electrons. The molecule has 1 aromatic carbocycles. The molecule has 5 heteroatoms. The number of nitrogens with zero attached hydrogens (tertiary/aromatic N) is 2. The Morgan fingerprint density at radius 1 is 1.18 bits per heavy atom. The number of amides is 2. The number of rotatable bonds is 3. The first-order valence-corrected chi connectivity index (χ1v) is 8.51. The maximum Gasteiger partial charge on any atom is 0.253 e. The van der Waals surface area contributed by atoms with Crippen molar-refractivity contribution >= 4 is 27.7 Å². The molecule has 0 bridgehead atoms. The van der Waals surface area contributed by atoms with E-state index in [4.69, 9.17) is 0 Å². The van der Waals surface area contributed by atoms with Gasteiger partial charge in [0.15, 0.2) is 0 Å². The van der Waals surface area contributed by atoms with Gasteiger partial charge in [0.1, 0.15) is 0 Å². The first kappa shape index (κ1) is 17.0. The van der Waals surface area contributed by atoms with Crippen LogP contribution in [0.4, 0.5) is 0 Å². The number of carbonyl (C=O) groups excluding carboxylic acids is 2. The first-order chi connectivity index (χ1) is 10.4. The van der Waals surface area contributed by atoms with Gasteiger partial charge in [0.05, 0.1) is 0 Å². The number of likely N-dealkylation sites (tertiary alicyclic amines) is 1. The molecule has 2 amide bonds. The lowest BCUT2D eigenvalue weighted by Gasteiger charge is -2.34. The Balaban J connectivity index is 1.93. The molecule has 1 fully saturated rings. The normalized spacial score (nSPS) is 16.0. The minimum atomic E-state index is 0.0429. The summed E-state index contributed by atoms with van der Waals surface area (Å²) in [6.45, 7) is 5.34. The van der Waals surface area contributed by atoms with Crippen LogP contribution in [0.15, 0.2) is 28.7 Å². The fourth-order valence-electron chi connectivity index (χ4n) is 2.65. The Labute approximate surface area is 140 Å². The van der Waals surface area contributed by atoms with Crippen LogP contribution in [-0.2, 0) is 4.79 Å². The number of carbonyl (C=O) groups is 2. The average Bonchev–Trinajstić information content (AvgIpc) is 2.53. The average molecular weight is 367 g/mol. The van der Waals surface area contributed by atoms with Crippen LogP contribution in [0.25, 0.3) is 0 Å². The molecule has 0 N–H and O–H groups in total. The molecule has 1 aromatic rings. The van der Waals surface area contributed by atoms with E-state index in [1.165, 1.54) is 0 Å². The SMILES string of the molecule is CC(C)N(C)C(=O)C1CCN(C(=O)c2ccc(Br)cc2)CC1. The summed E-state index contributed by atoms with van der Waals surface area (Å²) in [5.41, 5.74) is 0.701. The molecule has 0 aliphatic carbocycles. The summed E-state index contributed by atoms with van der Waals surface area (Å²) in [6, 6.07) is 7.63. The van der Waals surface area contributed by atoms with Gasteiger partial charge in [-0.05, 0) is 51.0 Å². The second kappa shape index (κ2) is 7.27. The Bertz CT molecular complexity index is 534. The van der Waals surface area contributed by atoms with Crippen molar-refractivity contribution in [3.8, 4) is 0 Å². The number of piperidine rings is 1. The lowest BCUT2D eigenvalue weighted by atomic mass is 9.94. The van der Waals surface area contributed by atoms with Crippen LogP contribution in [0.1, 0.15) is 37.0 Å². The second-order valence-corrected chi connectivity index (χ2v) is 7.03. The minimum absolute atomic E-state index is 0.0429. The van der Waals surface area contributed by atoms with Crippen LogP contribution in [0.3, 0.4) is 0 Å². The molecule has 0 spiro atoms. The van der Waals surface area contributed by atoms with Crippen molar-refractivity contribution in [1.82, 2.24) is 9.80 Å². The van der Waals surface area contributed by atoms with Crippen molar-refractivity contribution in [2.24, 2.45) is 5.92 Å². The molecular weight excluding hydrogens is 344 g/mol. The molecule has 0 unspecified atom stereocenters. The van der Waals surface area contributed by atoms with Gasteiger partial charge in [0, 0.05) is 42.1 Å². The van der Waals surface area contributed by atoms with Crippen molar-refractivity contribution in [3.63, 3.8) is 0 Å². The van der Waals surface area contributed by atoms with E-state index >= 15 is 0 Å². The van der Waals surface area contributed by atoms with Crippen LogP contribution in [0.2, 0.25) is 0 Å². The van der Waals surface area contributed by atoms with Gasteiger partial charge in [-0.3, -0.25) is 9.59 Å². The number of hydrogen-bond acceptors (Lipinski definition) is 2. The Morgan fingerprint density at radius 3 is 2.23 bits per heavy atom. The fraction of sp³-hybridized carbons (Fsp3) is 0.529. The molecule has 1 saturated heterocycles. The van der Waals surface area contributed by atoms with E-state index in [2.05, 4.69) is 15.9 Å². The quantitative estimate of drug-likeness (QED) is 0.824. The molecule has 1 heterocycles. The third-order valence-electron chi connectivity index (χ3n) is 4.34. The van der Waals surface area contributed by atoms with E-state index in [1.807, 2.05) is 50.1 Å². The lowest BCUT2D eigenvalue weighted by molar-refractivity contribution is -0.137. The molecule has 4 nitrogen and oxygen atoms in total. The molecular formula is C17H23BrN2O2. The van der Waals surface area contributed by atoms with Gasteiger partial charge < -0.3 is 9.80 Å². The number of benzene rings is 1. The molecule has 2 rings (SSSR count). The standard InChI is InChI=1S/C17H23BrN2O2/c1-12(2)19(3)16(21)14-8-10-20(11-9-14)17(22)13-4-6-15(18)7-5-13/h4-7,12,14H,8-11H2,1-3H3. The number of halogens is 1. The smallest absolute Gasteiger partial charge is 0.253 e. The van der Waals surface area contributed by atoms with Gasteiger partial charge in [0.2, 0.25) is 5.91 Å². The summed E-state index contributed by atoms with van der Waals surface area (Å²) in [7, 11) is 1.85. The fourth-order valence-corrected chi connectivity index (χ4v) is 2.91. The summed E-state index contributed by atoms with van der Waals surface area (Å²) in [5.74, 6) is 0.294. The molecule has 120 valence electrons. The van der Waals surface area contributed by atoms with Crippen molar-refractivity contribution < 1.29 is 9.59 Å². The zero-order chi connectivity index (χ0) is 16.3. The first-order valence-electron chi connectivity index (χ1n) is 7.71. The Kier molecular flexibility index (Phi) is 5.62. The zero-order valence-electron chi connectivity index (χ0n) is 13.4.